The van der Waals surface area contributed by atoms with Crippen LogP contribution in [0.1, 0.15) is 11.1 Å². The highest BCUT2D eigenvalue weighted by atomic mass is 32.2. The van der Waals surface area contributed by atoms with Crippen molar-refractivity contribution >= 4 is 10.0 Å². The number of methoxy groups -OCH3 is 1. The van der Waals surface area contributed by atoms with Crippen molar-refractivity contribution in [1.29, 1.82) is 0 Å². The minimum atomic E-state index is -3.62. The smallest absolute Gasteiger partial charge is 0.240 e. The van der Waals surface area contributed by atoms with Crippen LogP contribution in [0.2, 0.25) is 0 Å². The Hall–Kier alpha value is -2.77. The minimum Gasteiger partial charge on any atom is -0.496 e. The number of aryl methyl sites for hydroxylation is 1. The van der Waals surface area contributed by atoms with Crippen LogP contribution >= 0.6 is 0 Å². The Morgan fingerprint density at radius 3 is 2.50 bits per heavy atom. The Kier molecular flexibility index (Phi) is 5.29. The number of benzene rings is 1. The van der Waals surface area contributed by atoms with Crippen LogP contribution in [0.5, 0.6) is 5.75 Å². The van der Waals surface area contributed by atoms with Gasteiger partial charge in [-0.2, -0.15) is 0 Å². The molecule has 1 aromatic carbocycles. The molecule has 0 spiro atoms. The molecular formula is C19H19N3O3S. The minimum absolute atomic E-state index is 0.175. The second-order valence-electron chi connectivity index (χ2n) is 5.74. The SMILES string of the molecule is COc1ccc(S(=O)(=O)NCc2ccnc(-c3ccncc3)c2)cc1C. The molecule has 0 aliphatic carbocycles. The van der Waals surface area contributed by atoms with Gasteiger partial charge in [-0.15, -0.1) is 0 Å². The summed E-state index contributed by atoms with van der Waals surface area (Å²) in [6, 6.07) is 12.1. The van der Waals surface area contributed by atoms with Gasteiger partial charge in [0.25, 0.3) is 0 Å². The molecule has 0 amide bonds. The van der Waals surface area contributed by atoms with E-state index in [1.54, 1.807) is 43.9 Å². The first kappa shape index (κ1) is 18.0. The summed E-state index contributed by atoms with van der Waals surface area (Å²) in [5, 5.41) is 0. The predicted molar refractivity (Wildman–Crippen MR) is 99.2 cm³/mol. The molecule has 6 nitrogen and oxygen atoms in total. The molecule has 2 heterocycles. The second kappa shape index (κ2) is 7.63. The fourth-order valence-corrected chi connectivity index (χ4v) is 3.65. The summed E-state index contributed by atoms with van der Waals surface area (Å²) < 4.78 is 32.9. The van der Waals surface area contributed by atoms with E-state index in [1.807, 2.05) is 25.1 Å². The van der Waals surface area contributed by atoms with Crippen LogP contribution in [0.15, 0.2) is 66.0 Å². The Morgan fingerprint density at radius 1 is 1.04 bits per heavy atom. The van der Waals surface area contributed by atoms with Gasteiger partial charge in [-0.1, -0.05) is 0 Å². The lowest BCUT2D eigenvalue weighted by Crippen LogP contribution is -2.23. The van der Waals surface area contributed by atoms with Gasteiger partial charge in [-0.25, -0.2) is 13.1 Å². The maximum Gasteiger partial charge on any atom is 0.240 e. The van der Waals surface area contributed by atoms with Gasteiger partial charge in [0.1, 0.15) is 5.75 Å². The largest absolute Gasteiger partial charge is 0.496 e. The van der Waals surface area contributed by atoms with Crippen LogP contribution in [0.25, 0.3) is 11.3 Å². The summed E-state index contributed by atoms with van der Waals surface area (Å²) in [5.41, 5.74) is 3.28. The first-order valence-corrected chi connectivity index (χ1v) is 9.47. The maximum atomic E-state index is 12.5. The third-order valence-electron chi connectivity index (χ3n) is 3.94. The lowest BCUT2D eigenvalue weighted by Gasteiger charge is -2.10. The predicted octanol–water partition coefficient (Wildman–Crippen LogP) is 2.94. The normalized spacial score (nSPS) is 11.3. The van der Waals surface area contributed by atoms with Crippen molar-refractivity contribution < 1.29 is 13.2 Å². The van der Waals surface area contributed by atoms with Gasteiger partial charge in [-0.05, 0) is 60.5 Å². The molecule has 26 heavy (non-hydrogen) atoms. The highest BCUT2D eigenvalue weighted by molar-refractivity contribution is 7.89. The monoisotopic (exact) mass is 369 g/mol. The van der Waals surface area contributed by atoms with E-state index < -0.39 is 10.0 Å². The molecule has 134 valence electrons. The van der Waals surface area contributed by atoms with Gasteiger partial charge in [0.05, 0.1) is 17.7 Å². The topological polar surface area (TPSA) is 81.2 Å². The molecule has 0 bridgehead atoms. The third-order valence-corrected chi connectivity index (χ3v) is 5.34. The van der Waals surface area contributed by atoms with E-state index in [4.69, 9.17) is 4.74 Å². The van der Waals surface area contributed by atoms with Crippen molar-refractivity contribution in [3.05, 3.63) is 72.2 Å². The van der Waals surface area contributed by atoms with E-state index in [0.717, 1.165) is 22.4 Å². The van der Waals surface area contributed by atoms with Crippen LogP contribution in [0.4, 0.5) is 0 Å². The van der Waals surface area contributed by atoms with Gasteiger partial charge in [-0.3, -0.25) is 9.97 Å². The molecule has 0 saturated heterocycles. The first-order chi connectivity index (χ1) is 12.5. The Labute approximate surface area is 153 Å². The summed E-state index contributed by atoms with van der Waals surface area (Å²) in [5.74, 6) is 0.653. The number of nitrogens with one attached hydrogen (secondary N) is 1. The fraction of sp³-hybridized carbons (Fsp3) is 0.158. The van der Waals surface area contributed by atoms with E-state index in [1.165, 1.54) is 6.07 Å². The Morgan fingerprint density at radius 2 is 1.81 bits per heavy atom. The zero-order valence-corrected chi connectivity index (χ0v) is 15.3. The van der Waals surface area contributed by atoms with Crippen molar-refractivity contribution in [3.63, 3.8) is 0 Å². The number of rotatable bonds is 6. The molecule has 7 heteroatoms. The van der Waals surface area contributed by atoms with Crippen LogP contribution in [-0.4, -0.2) is 25.5 Å². The molecule has 0 saturated carbocycles. The van der Waals surface area contributed by atoms with Crippen molar-refractivity contribution in [2.45, 2.75) is 18.4 Å². The van der Waals surface area contributed by atoms with E-state index in [2.05, 4.69) is 14.7 Å². The highest BCUT2D eigenvalue weighted by Gasteiger charge is 2.15. The van der Waals surface area contributed by atoms with Gasteiger partial charge >= 0.3 is 0 Å². The zero-order valence-electron chi connectivity index (χ0n) is 14.5. The van der Waals surface area contributed by atoms with Crippen LogP contribution in [0.3, 0.4) is 0 Å². The molecule has 0 radical (unpaired) electrons. The summed E-state index contributed by atoms with van der Waals surface area (Å²) in [6.07, 6.45) is 5.05. The number of aromatic nitrogens is 2. The molecular weight excluding hydrogens is 350 g/mol. The number of hydrogen-bond acceptors (Lipinski definition) is 5. The molecule has 3 rings (SSSR count). The first-order valence-electron chi connectivity index (χ1n) is 7.99. The van der Waals surface area contributed by atoms with Crippen LogP contribution < -0.4 is 9.46 Å². The van der Waals surface area contributed by atoms with Gasteiger partial charge in [0.2, 0.25) is 10.0 Å². The van der Waals surface area contributed by atoms with Crippen LogP contribution in [0, 0.1) is 6.92 Å². The number of sulfonamides is 1. The standard InChI is InChI=1S/C19H19N3O3S/c1-14-11-17(3-4-19(14)25-2)26(23,24)22-13-15-5-10-21-18(12-15)16-6-8-20-9-7-16/h3-12,22H,13H2,1-2H3. The quantitative estimate of drug-likeness (QED) is 0.722. The van der Waals surface area contributed by atoms with Gasteiger partial charge in [0, 0.05) is 30.7 Å². The van der Waals surface area contributed by atoms with E-state index >= 15 is 0 Å². The van der Waals surface area contributed by atoms with Crippen molar-refractivity contribution in [3.8, 4) is 17.0 Å². The number of ether oxygens (including phenoxy) is 1. The molecule has 3 aromatic rings. The van der Waals surface area contributed by atoms with Crippen molar-refractivity contribution in [2.75, 3.05) is 7.11 Å². The second-order valence-corrected chi connectivity index (χ2v) is 7.51. The molecule has 0 atom stereocenters. The molecule has 0 aliphatic heterocycles. The van der Waals surface area contributed by atoms with Crippen LogP contribution in [-0.2, 0) is 16.6 Å². The Bertz CT molecular complexity index is 1010. The molecule has 0 fully saturated rings. The van der Waals surface area contributed by atoms with Crippen molar-refractivity contribution in [2.24, 2.45) is 0 Å². The van der Waals surface area contributed by atoms with E-state index in [0.29, 0.717) is 5.75 Å². The average Bonchev–Trinajstić information content (AvgIpc) is 2.67. The molecule has 0 unspecified atom stereocenters. The van der Waals surface area contributed by atoms with Gasteiger partial charge < -0.3 is 4.74 Å². The Balaban J connectivity index is 1.77. The number of nitrogens with zero attached hydrogens (tertiary/aromatic N) is 2. The average molecular weight is 369 g/mol. The molecule has 0 aliphatic rings. The van der Waals surface area contributed by atoms with Crippen molar-refractivity contribution in [1.82, 2.24) is 14.7 Å². The molecule has 2 aromatic heterocycles. The highest BCUT2D eigenvalue weighted by Crippen LogP contribution is 2.22. The number of pyridine rings is 2. The summed E-state index contributed by atoms with van der Waals surface area (Å²) >= 11 is 0. The van der Waals surface area contributed by atoms with Gasteiger partial charge in [0.15, 0.2) is 0 Å². The summed E-state index contributed by atoms with van der Waals surface area (Å²) in [6.45, 7) is 1.98. The fourth-order valence-electron chi connectivity index (χ4n) is 2.54. The summed E-state index contributed by atoms with van der Waals surface area (Å²) in [4.78, 5) is 8.52. The zero-order chi connectivity index (χ0) is 18.6. The lowest BCUT2D eigenvalue weighted by molar-refractivity contribution is 0.411. The summed E-state index contributed by atoms with van der Waals surface area (Å²) in [7, 11) is -2.07. The number of hydrogen-bond donors (Lipinski definition) is 1. The maximum absolute atomic E-state index is 12.5. The van der Waals surface area contributed by atoms with E-state index in [-0.39, 0.29) is 11.4 Å². The lowest BCUT2D eigenvalue weighted by atomic mass is 10.1. The molecule has 1 N–H and O–H groups in total. The third kappa shape index (κ3) is 4.07. The van der Waals surface area contributed by atoms with E-state index in [9.17, 15) is 8.42 Å².